The Labute approximate surface area is 312 Å². The standard InChI is InChI=1S/C25H25.C11H14.C8H11.2ClH.Zr/c1-14-12-24(3,4)22-8-16-7-17-9-23-19(15(2)13-25(23,5)6)11-21(17)20(16)10-18(14)22;1-9-5-7-10(8-6-9)11(2,3)4;1-6-4-7(2)8(3)5-6;;;/h8-12H,7H2,1-6H3;1,5-8H,2-4H3;4-5H,1-3H3;2*1H;/q-1;;-1;;;+2/p-2. The van der Waals surface area contributed by atoms with E-state index >= 15 is 0 Å². The Kier molecular flexibility index (Phi) is 12.0. The van der Waals surface area contributed by atoms with Gasteiger partial charge in [-0.1, -0.05) is 79.0 Å². The van der Waals surface area contributed by atoms with Crippen molar-refractivity contribution in [3.8, 4) is 11.1 Å². The van der Waals surface area contributed by atoms with Crippen molar-refractivity contribution < 1.29 is 49.0 Å². The van der Waals surface area contributed by atoms with E-state index in [4.69, 9.17) is 0 Å². The van der Waals surface area contributed by atoms with Crippen LogP contribution in [0.4, 0.5) is 0 Å². The van der Waals surface area contributed by atoms with Gasteiger partial charge in [0.2, 0.25) is 0 Å². The summed E-state index contributed by atoms with van der Waals surface area (Å²) in [5.74, 6) is 0. The van der Waals surface area contributed by atoms with Crippen LogP contribution in [0.3, 0.4) is 0 Å². The molecule has 7 rings (SSSR count). The van der Waals surface area contributed by atoms with Crippen molar-refractivity contribution in [3.05, 3.63) is 134 Å². The first-order valence-electron chi connectivity index (χ1n) is 16.4. The average Bonchev–Trinajstić information content (AvgIpc) is 3.60. The summed E-state index contributed by atoms with van der Waals surface area (Å²) in [5, 5.41) is 0. The summed E-state index contributed by atoms with van der Waals surface area (Å²) in [6.07, 6.45) is 7.13. The Morgan fingerprint density at radius 2 is 1.30 bits per heavy atom. The molecule has 3 aliphatic rings. The van der Waals surface area contributed by atoms with Crippen molar-refractivity contribution in [1.82, 2.24) is 0 Å². The fourth-order valence-electron chi connectivity index (χ4n) is 7.31. The SMILES string of the molecule is CC(C)(C)c1ccc([CH]=[Zr+2])cc1.CC1=[C-]C(C)(C)c2cc3c(cc21)-c1cc2c(cc1C3)C(C)(C)C=C2C.Cc1cc(C)c(C)[cH-]1.[Cl-].[Cl-]. The number of aryl methyl sites for hydroxylation is 3. The van der Waals surface area contributed by atoms with Gasteiger partial charge in [-0.3, -0.25) is 6.08 Å². The summed E-state index contributed by atoms with van der Waals surface area (Å²) in [6.45, 7) is 26.8. The molecule has 0 fully saturated rings. The van der Waals surface area contributed by atoms with Gasteiger partial charge in [-0.15, -0.1) is 11.6 Å². The van der Waals surface area contributed by atoms with Crippen LogP contribution in [0.2, 0.25) is 0 Å². The van der Waals surface area contributed by atoms with Gasteiger partial charge in [0.15, 0.2) is 0 Å². The molecule has 0 aliphatic heterocycles. The molecule has 3 heteroatoms. The van der Waals surface area contributed by atoms with Crippen molar-refractivity contribution >= 4 is 14.9 Å². The van der Waals surface area contributed by atoms with E-state index in [0.29, 0.717) is 0 Å². The van der Waals surface area contributed by atoms with Crippen molar-refractivity contribution in [1.29, 1.82) is 0 Å². The zero-order valence-corrected chi connectivity index (χ0v) is 34.4. The minimum Gasteiger partial charge on any atom is -1.00 e. The molecule has 0 spiro atoms. The number of hydrogen-bond acceptors (Lipinski definition) is 0. The van der Waals surface area contributed by atoms with Gasteiger partial charge in [-0.25, -0.2) is 11.6 Å². The minimum absolute atomic E-state index is 0. The van der Waals surface area contributed by atoms with E-state index < -0.39 is 0 Å². The van der Waals surface area contributed by atoms with E-state index in [-0.39, 0.29) is 41.1 Å². The molecule has 0 unspecified atom stereocenters. The first-order chi connectivity index (χ1) is 20.9. The molecule has 0 saturated carbocycles. The number of allylic oxidation sites excluding steroid dienone is 4. The number of halogens is 2. The maximum atomic E-state index is 3.65. The van der Waals surface area contributed by atoms with Crippen LogP contribution in [-0.2, 0) is 46.9 Å². The molecule has 0 N–H and O–H groups in total. The normalized spacial score (nSPS) is 15.5. The Balaban J connectivity index is 0.000000229. The summed E-state index contributed by atoms with van der Waals surface area (Å²) in [7, 11) is 0. The van der Waals surface area contributed by atoms with Crippen LogP contribution in [0, 0.1) is 26.8 Å². The maximum absolute atomic E-state index is 3.65. The van der Waals surface area contributed by atoms with Crippen LogP contribution in [0.5, 0.6) is 0 Å². The molecule has 246 valence electrons. The van der Waals surface area contributed by atoms with E-state index in [2.05, 4.69) is 160 Å². The van der Waals surface area contributed by atoms with Gasteiger partial charge in [0.25, 0.3) is 0 Å². The van der Waals surface area contributed by atoms with E-state index in [0.717, 1.165) is 6.42 Å². The summed E-state index contributed by atoms with van der Waals surface area (Å²) >= 11 is 1.46. The van der Waals surface area contributed by atoms with Gasteiger partial charge in [0.05, 0.1) is 0 Å². The van der Waals surface area contributed by atoms with Crippen LogP contribution in [0.25, 0.3) is 22.3 Å². The Hall–Kier alpha value is -2.18. The molecule has 47 heavy (non-hydrogen) atoms. The molecule has 0 saturated heterocycles. The molecule has 0 aromatic heterocycles. The molecule has 0 nitrogen and oxygen atoms in total. The fourth-order valence-corrected chi connectivity index (χ4v) is 7.78. The molecule has 3 aliphatic carbocycles. The summed E-state index contributed by atoms with van der Waals surface area (Å²) in [6, 6.07) is 23.0. The molecular formula is C44H50Cl2Zr-2. The third-order valence-electron chi connectivity index (χ3n) is 9.89. The van der Waals surface area contributed by atoms with Crippen LogP contribution in [-0.4, -0.2) is 3.71 Å². The van der Waals surface area contributed by atoms with Crippen LogP contribution >= 0.6 is 0 Å². The van der Waals surface area contributed by atoms with Crippen LogP contribution in [0.1, 0.15) is 124 Å². The fraction of sp³-hybridized carbons (Fsp3) is 0.364. The predicted molar refractivity (Wildman–Crippen MR) is 193 cm³/mol. The van der Waals surface area contributed by atoms with Gasteiger partial charge in [-0.05, 0) is 58.4 Å². The summed E-state index contributed by atoms with van der Waals surface area (Å²) in [4.78, 5) is 0. The second kappa shape index (κ2) is 14.4. The number of rotatable bonds is 1. The summed E-state index contributed by atoms with van der Waals surface area (Å²) < 4.78 is 2.21. The topological polar surface area (TPSA) is 0 Å². The largest absolute Gasteiger partial charge is 1.00 e. The van der Waals surface area contributed by atoms with Crippen molar-refractivity contribution in [2.24, 2.45) is 0 Å². The van der Waals surface area contributed by atoms with Gasteiger partial charge >= 0.3 is 89.5 Å². The first kappa shape index (κ1) is 39.3. The molecule has 4 aromatic carbocycles. The monoisotopic (exact) mass is 738 g/mol. The second-order valence-electron chi connectivity index (χ2n) is 15.6. The van der Waals surface area contributed by atoms with Gasteiger partial charge in [0.1, 0.15) is 0 Å². The molecule has 0 bridgehead atoms. The molecular weight excluding hydrogens is 691 g/mol. The third kappa shape index (κ3) is 8.01. The number of hydrogen-bond donors (Lipinski definition) is 0. The Morgan fingerprint density at radius 3 is 1.77 bits per heavy atom. The Morgan fingerprint density at radius 1 is 0.745 bits per heavy atom. The van der Waals surface area contributed by atoms with Crippen LogP contribution < -0.4 is 24.8 Å². The molecule has 0 atom stereocenters. The maximum Gasteiger partial charge on any atom is 0.00873 e. The predicted octanol–water partition coefficient (Wildman–Crippen LogP) is 5.47. The van der Waals surface area contributed by atoms with Gasteiger partial charge < -0.3 is 24.8 Å². The Bertz CT molecular complexity index is 1750. The van der Waals surface area contributed by atoms with E-state index in [1.165, 1.54) is 108 Å². The second-order valence-corrected chi connectivity index (χ2v) is 16.3. The zero-order valence-electron chi connectivity index (χ0n) is 30.4. The molecule has 0 radical (unpaired) electrons. The van der Waals surface area contributed by atoms with Crippen molar-refractivity contribution in [2.45, 2.75) is 106 Å². The zero-order chi connectivity index (χ0) is 33.1. The van der Waals surface area contributed by atoms with Gasteiger partial charge in [0, 0.05) is 5.41 Å². The molecule has 4 aromatic rings. The smallest absolute Gasteiger partial charge is 0.00873 e. The van der Waals surface area contributed by atoms with Crippen LogP contribution in [0.15, 0.2) is 66.7 Å². The van der Waals surface area contributed by atoms with E-state index in [1.807, 2.05) is 0 Å². The number of benzene rings is 3. The van der Waals surface area contributed by atoms with Crippen molar-refractivity contribution in [2.75, 3.05) is 0 Å². The first-order valence-corrected chi connectivity index (χ1v) is 17.8. The van der Waals surface area contributed by atoms with E-state index in [1.54, 1.807) is 0 Å². The summed E-state index contributed by atoms with van der Waals surface area (Å²) in [5.41, 5.74) is 21.8. The average molecular weight is 741 g/mol. The molecule has 0 heterocycles. The quantitative estimate of drug-likeness (QED) is 0.200. The van der Waals surface area contributed by atoms with E-state index in [9.17, 15) is 0 Å². The minimum atomic E-state index is 0. The number of fused-ring (bicyclic) bond motifs is 5. The van der Waals surface area contributed by atoms with Crippen molar-refractivity contribution in [3.63, 3.8) is 0 Å². The third-order valence-corrected chi connectivity index (χ3v) is 10.7. The van der Waals surface area contributed by atoms with Gasteiger partial charge in [-0.2, -0.15) is 28.3 Å². The molecule has 0 amide bonds.